The highest BCUT2D eigenvalue weighted by atomic mass is 16.5. The lowest BCUT2D eigenvalue weighted by atomic mass is 10.0. The van der Waals surface area contributed by atoms with Crippen LogP contribution in [0.3, 0.4) is 0 Å². The Hall–Kier alpha value is -4.17. The Balaban J connectivity index is 0.000000183. The molecule has 8 nitrogen and oxygen atoms in total. The number of amides is 1. The summed E-state index contributed by atoms with van der Waals surface area (Å²) in [5.41, 5.74) is 9.65. The number of Topliss-reactive ketones (excluding diaryl/α,β-unsaturated/α-hetero) is 1. The maximum Gasteiger partial charge on any atom is 0.289 e. The molecule has 1 aliphatic rings. The van der Waals surface area contributed by atoms with Crippen LogP contribution in [0.1, 0.15) is 35.2 Å². The number of rotatable bonds is 9. The zero-order chi connectivity index (χ0) is 27.8. The minimum atomic E-state index is -0.945. The average Bonchev–Trinajstić information content (AvgIpc) is 3.62. The molecule has 1 aromatic heterocycles. The lowest BCUT2D eigenvalue weighted by Crippen LogP contribution is -2.22. The third-order valence-electron chi connectivity index (χ3n) is 7.04. The van der Waals surface area contributed by atoms with Crippen LogP contribution in [-0.2, 0) is 18.3 Å². The average molecular weight is 529 g/mol. The molecule has 0 radical (unpaired) electrons. The van der Waals surface area contributed by atoms with E-state index in [1.165, 1.54) is 44.5 Å². The van der Waals surface area contributed by atoms with E-state index >= 15 is 0 Å². The molecule has 1 aliphatic heterocycles. The quantitative estimate of drug-likeness (QED) is 0.251. The molecule has 1 saturated heterocycles. The molecule has 39 heavy (non-hydrogen) atoms. The van der Waals surface area contributed by atoms with Crippen LogP contribution in [0, 0.1) is 0 Å². The van der Waals surface area contributed by atoms with Gasteiger partial charge >= 0.3 is 0 Å². The summed E-state index contributed by atoms with van der Waals surface area (Å²) < 4.78 is 12.4. The Morgan fingerprint density at radius 3 is 2.26 bits per heavy atom. The molecular formula is C31H36N4O4. The van der Waals surface area contributed by atoms with Gasteiger partial charge in [0.1, 0.15) is 0 Å². The molecule has 0 aliphatic carbocycles. The smallest absolute Gasteiger partial charge is 0.289 e. The third kappa shape index (κ3) is 7.03. The highest BCUT2D eigenvalue weighted by Gasteiger charge is 2.13. The number of carbonyl (C=O) groups is 2. The third-order valence-corrected chi connectivity index (χ3v) is 7.04. The first-order valence-electron chi connectivity index (χ1n) is 13.2. The van der Waals surface area contributed by atoms with Gasteiger partial charge in [0.05, 0.1) is 25.9 Å². The summed E-state index contributed by atoms with van der Waals surface area (Å²) in [4.78, 5) is 24.9. The zero-order valence-electron chi connectivity index (χ0n) is 22.9. The molecule has 0 unspecified atom stereocenters. The van der Waals surface area contributed by atoms with Crippen molar-refractivity contribution in [3.05, 3.63) is 78.0 Å². The van der Waals surface area contributed by atoms with Gasteiger partial charge in [-0.1, -0.05) is 36.4 Å². The van der Waals surface area contributed by atoms with Crippen LogP contribution in [0.2, 0.25) is 0 Å². The van der Waals surface area contributed by atoms with E-state index in [1.54, 1.807) is 38.5 Å². The van der Waals surface area contributed by atoms with Crippen molar-refractivity contribution in [3.63, 3.8) is 0 Å². The van der Waals surface area contributed by atoms with E-state index in [9.17, 15) is 9.59 Å². The standard InChI is InChI=1S/C16H13N3O2.C15H23NO2/c1-19-14-7-6-12(8-13(14)9-18-19)10-2-4-11(5-3-10)15(20)16(17)21;1-17-14-8-7-13(12-15(14)18-2)6-5-11-16-9-3-4-10-16/h2-9H,1H3,(H2,17,21);7-8,12H,3-6,9-11H2,1-2H3. The molecule has 5 rings (SSSR count). The first kappa shape index (κ1) is 27.9. The topological polar surface area (TPSA) is 99.7 Å². The summed E-state index contributed by atoms with van der Waals surface area (Å²) in [6.07, 6.45) is 6.88. The number of fused-ring (bicyclic) bond motifs is 1. The maximum atomic E-state index is 11.5. The molecule has 0 spiro atoms. The number of aryl methyl sites for hydroxylation is 2. The monoisotopic (exact) mass is 528 g/mol. The van der Waals surface area contributed by atoms with Gasteiger partial charge in [0.25, 0.3) is 5.91 Å². The van der Waals surface area contributed by atoms with E-state index in [4.69, 9.17) is 15.2 Å². The number of primary amides is 1. The molecule has 2 heterocycles. The largest absolute Gasteiger partial charge is 0.493 e. The van der Waals surface area contributed by atoms with E-state index < -0.39 is 11.7 Å². The van der Waals surface area contributed by atoms with Crippen LogP contribution in [0.25, 0.3) is 22.0 Å². The van der Waals surface area contributed by atoms with Gasteiger partial charge in [0.2, 0.25) is 5.78 Å². The molecule has 204 valence electrons. The van der Waals surface area contributed by atoms with Crippen molar-refractivity contribution in [1.29, 1.82) is 0 Å². The molecule has 0 atom stereocenters. The van der Waals surface area contributed by atoms with E-state index in [0.29, 0.717) is 5.56 Å². The van der Waals surface area contributed by atoms with E-state index in [2.05, 4.69) is 22.1 Å². The Kier molecular flexibility index (Phi) is 9.33. The van der Waals surface area contributed by atoms with Crippen LogP contribution in [0.15, 0.2) is 66.9 Å². The van der Waals surface area contributed by atoms with Gasteiger partial charge in [0, 0.05) is 18.0 Å². The molecule has 0 saturated carbocycles. The number of nitrogens with two attached hydrogens (primary N) is 1. The van der Waals surface area contributed by atoms with E-state index in [1.807, 2.05) is 42.2 Å². The van der Waals surface area contributed by atoms with Gasteiger partial charge in [-0.05, 0) is 86.3 Å². The number of carbonyl (C=O) groups excluding carboxylic acids is 2. The second-order valence-electron chi connectivity index (χ2n) is 9.65. The van der Waals surface area contributed by atoms with Crippen LogP contribution < -0.4 is 15.2 Å². The minimum Gasteiger partial charge on any atom is -0.493 e. The van der Waals surface area contributed by atoms with Crippen LogP contribution >= 0.6 is 0 Å². The number of benzene rings is 3. The van der Waals surface area contributed by atoms with Gasteiger partial charge in [-0.15, -0.1) is 0 Å². The first-order chi connectivity index (χ1) is 18.9. The first-order valence-corrected chi connectivity index (χ1v) is 13.2. The number of aromatic nitrogens is 2. The lowest BCUT2D eigenvalue weighted by molar-refractivity contribution is -0.114. The number of nitrogens with zero attached hydrogens (tertiary/aromatic N) is 3. The van der Waals surface area contributed by atoms with Crippen LogP contribution in [0.5, 0.6) is 11.5 Å². The Morgan fingerprint density at radius 1 is 0.897 bits per heavy atom. The number of hydrogen-bond donors (Lipinski definition) is 1. The van der Waals surface area contributed by atoms with Crippen molar-refractivity contribution >= 4 is 22.6 Å². The summed E-state index contributed by atoms with van der Waals surface area (Å²) >= 11 is 0. The zero-order valence-corrected chi connectivity index (χ0v) is 22.9. The van der Waals surface area contributed by atoms with Crippen LogP contribution in [-0.4, -0.2) is 60.2 Å². The molecule has 1 fully saturated rings. The molecule has 1 amide bonds. The molecule has 2 N–H and O–H groups in total. The molecule has 3 aromatic carbocycles. The predicted molar refractivity (Wildman–Crippen MR) is 153 cm³/mol. The van der Waals surface area contributed by atoms with Crippen LogP contribution in [0.4, 0.5) is 0 Å². The Morgan fingerprint density at radius 2 is 1.59 bits per heavy atom. The van der Waals surface area contributed by atoms with Gasteiger partial charge < -0.3 is 20.1 Å². The fourth-order valence-corrected chi connectivity index (χ4v) is 4.85. The van der Waals surface area contributed by atoms with E-state index in [0.717, 1.165) is 39.9 Å². The molecule has 0 bridgehead atoms. The van der Waals surface area contributed by atoms with Crippen molar-refractivity contribution in [1.82, 2.24) is 14.7 Å². The SMILES string of the molecule is COc1ccc(CCCN2CCCC2)cc1OC.Cn1ncc2cc(-c3ccc(C(=O)C(N)=O)cc3)ccc21. The summed E-state index contributed by atoms with van der Waals surface area (Å²) in [6.45, 7) is 3.78. The number of hydrogen-bond acceptors (Lipinski definition) is 6. The van der Waals surface area contributed by atoms with Crippen molar-refractivity contribution in [3.8, 4) is 22.6 Å². The summed E-state index contributed by atoms with van der Waals surface area (Å²) in [5.74, 6) is 0.0146. The lowest BCUT2D eigenvalue weighted by Gasteiger charge is -2.14. The van der Waals surface area contributed by atoms with E-state index in [-0.39, 0.29) is 0 Å². The molecular weight excluding hydrogens is 492 g/mol. The molecule has 4 aromatic rings. The van der Waals surface area contributed by atoms with Crippen molar-refractivity contribution in [2.45, 2.75) is 25.7 Å². The maximum absolute atomic E-state index is 11.5. The fraction of sp³-hybridized carbons (Fsp3) is 0.323. The Labute approximate surface area is 229 Å². The van der Waals surface area contributed by atoms with Gasteiger partial charge in [0.15, 0.2) is 11.5 Å². The van der Waals surface area contributed by atoms with Gasteiger partial charge in [-0.3, -0.25) is 14.3 Å². The number of ether oxygens (including phenoxy) is 2. The number of likely N-dealkylation sites (tertiary alicyclic amines) is 1. The predicted octanol–water partition coefficient (Wildman–Crippen LogP) is 4.64. The summed E-state index contributed by atoms with van der Waals surface area (Å²) in [6, 6.07) is 19.0. The second-order valence-corrected chi connectivity index (χ2v) is 9.65. The normalized spacial score (nSPS) is 13.1. The Bertz CT molecular complexity index is 1420. The fourth-order valence-electron chi connectivity index (χ4n) is 4.85. The van der Waals surface area contributed by atoms with Crippen molar-refractivity contribution < 1.29 is 19.1 Å². The minimum absolute atomic E-state index is 0.300. The second kappa shape index (κ2) is 13.1. The summed E-state index contributed by atoms with van der Waals surface area (Å²) in [7, 11) is 5.25. The van der Waals surface area contributed by atoms with Gasteiger partial charge in [-0.25, -0.2) is 0 Å². The molecule has 8 heteroatoms. The summed E-state index contributed by atoms with van der Waals surface area (Å²) in [5, 5.41) is 5.26. The number of methoxy groups -OCH3 is 2. The van der Waals surface area contributed by atoms with Crippen molar-refractivity contribution in [2.75, 3.05) is 33.9 Å². The van der Waals surface area contributed by atoms with Crippen molar-refractivity contribution in [2.24, 2.45) is 12.8 Å². The highest BCUT2D eigenvalue weighted by molar-refractivity contribution is 6.42. The van der Waals surface area contributed by atoms with Gasteiger partial charge in [-0.2, -0.15) is 5.10 Å². The number of ketones is 1. The highest BCUT2D eigenvalue weighted by Crippen LogP contribution is 2.28.